The summed E-state index contributed by atoms with van der Waals surface area (Å²) in [6.07, 6.45) is -0.200. The van der Waals surface area contributed by atoms with Crippen LogP contribution in [-0.2, 0) is 4.79 Å². The van der Waals surface area contributed by atoms with E-state index < -0.39 is 0 Å². The van der Waals surface area contributed by atoms with Gasteiger partial charge in [0, 0.05) is 0 Å². The van der Waals surface area contributed by atoms with Crippen molar-refractivity contribution in [3.8, 4) is 0 Å². The minimum atomic E-state index is -0.200. The van der Waals surface area contributed by atoms with E-state index in [1.165, 1.54) is 0 Å². The van der Waals surface area contributed by atoms with Crippen LogP contribution in [0, 0.1) is 0 Å². The first-order valence-corrected chi connectivity index (χ1v) is 4.78. The Morgan fingerprint density at radius 2 is 2.31 bits per heavy atom. The molecule has 13 heavy (non-hydrogen) atoms. The van der Waals surface area contributed by atoms with Gasteiger partial charge in [0.2, 0.25) is 5.91 Å². The maximum absolute atomic E-state index is 11.1. The lowest BCUT2D eigenvalue weighted by atomic mass is 10.3. The topological polar surface area (TPSA) is 54.3 Å². The van der Waals surface area contributed by atoms with Crippen molar-refractivity contribution in [2.45, 2.75) is 19.1 Å². The summed E-state index contributed by atoms with van der Waals surface area (Å²) in [5.41, 5.74) is 0. The molecule has 0 saturated carbocycles. The van der Waals surface area contributed by atoms with E-state index in [0.717, 1.165) is 0 Å². The van der Waals surface area contributed by atoms with Crippen LogP contribution in [0.3, 0.4) is 0 Å². The smallest absolute Gasteiger partial charge is 0.238 e. The maximum Gasteiger partial charge on any atom is 0.238 e. The van der Waals surface area contributed by atoms with E-state index >= 15 is 0 Å². The SMILES string of the molecule is CC1NC(c2ccc(Br)o2)NC1=O. The Kier molecular flexibility index (Phi) is 2.13. The van der Waals surface area contributed by atoms with Gasteiger partial charge in [0.05, 0.1) is 6.04 Å². The van der Waals surface area contributed by atoms with E-state index in [-0.39, 0.29) is 18.1 Å². The molecule has 2 rings (SSSR count). The highest BCUT2D eigenvalue weighted by atomic mass is 79.9. The largest absolute Gasteiger partial charge is 0.451 e. The highest BCUT2D eigenvalue weighted by Gasteiger charge is 2.30. The summed E-state index contributed by atoms with van der Waals surface area (Å²) in [5, 5.41) is 5.83. The van der Waals surface area contributed by atoms with Crippen LogP contribution in [0.2, 0.25) is 0 Å². The van der Waals surface area contributed by atoms with E-state index in [4.69, 9.17) is 4.42 Å². The molecular formula is C8H9BrN2O2. The van der Waals surface area contributed by atoms with Gasteiger partial charge in [0.25, 0.3) is 0 Å². The third-order valence-corrected chi connectivity index (χ3v) is 2.40. The number of furan rings is 1. The number of hydrogen-bond donors (Lipinski definition) is 2. The molecule has 2 N–H and O–H groups in total. The third-order valence-electron chi connectivity index (χ3n) is 1.98. The molecule has 2 atom stereocenters. The number of carbonyl (C=O) groups excluding carboxylic acids is 1. The number of carbonyl (C=O) groups is 1. The lowest BCUT2D eigenvalue weighted by Crippen LogP contribution is -2.24. The normalized spacial score (nSPS) is 27.7. The zero-order valence-electron chi connectivity index (χ0n) is 7.00. The maximum atomic E-state index is 11.1. The Morgan fingerprint density at radius 1 is 1.54 bits per heavy atom. The van der Waals surface area contributed by atoms with Crippen LogP contribution in [0.5, 0.6) is 0 Å². The monoisotopic (exact) mass is 244 g/mol. The minimum Gasteiger partial charge on any atom is -0.451 e. The molecule has 1 fully saturated rings. The summed E-state index contributed by atoms with van der Waals surface area (Å²) in [6.45, 7) is 1.81. The van der Waals surface area contributed by atoms with Crippen LogP contribution in [0.25, 0.3) is 0 Å². The summed E-state index contributed by atoms with van der Waals surface area (Å²) < 4.78 is 5.97. The molecule has 0 spiro atoms. The summed E-state index contributed by atoms with van der Waals surface area (Å²) in [5.74, 6) is 0.710. The first kappa shape index (κ1) is 8.77. The molecule has 0 aromatic carbocycles. The molecule has 1 aromatic heterocycles. The Balaban J connectivity index is 2.16. The lowest BCUT2D eigenvalue weighted by molar-refractivity contribution is -0.120. The summed E-state index contributed by atoms with van der Waals surface area (Å²) in [6, 6.07) is 3.46. The summed E-state index contributed by atoms with van der Waals surface area (Å²) in [7, 11) is 0. The zero-order valence-corrected chi connectivity index (χ0v) is 8.59. The van der Waals surface area contributed by atoms with E-state index in [0.29, 0.717) is 10.4 Å². The molecule has 5 heteroatoms. The summed E-state index contributed by atoms with van der Waals surface area (Å²) >= 11 is 3.20. The molecule has 1 aliphatic heterocycles. The summed E-state index contributed by atoms with van der Waals surface area (Å²) in [4.78, 5) is 11.1. The third kappa shape index (κ3) is 1.62. The van der Waals surface area contributed by atoms with Gasteiger partial charge >= 0.3 is 0 Å². The van der Waals surface area contributed by atoms with E-state index in [1.54, 1.807) is 6.07 Å². The Hall–Kier alpha value is -0.810. The molecule has 1 aromatic rings. The molecule has 1 aliphatic rings. The fraction of sp³-hybridized carbons (Fsp3) is 0.375. The van der Waals surface area contributed by atoms with Gasteiger partial charge in [-0.1, -0.05) is 0 Å². The second-order valence-electron chi connectivity index (χ2n) is 2.97. The predicted octanol–water partition coefficient (Wildman–Crippen LogP) is 1.15. The van der Waals surface area contributed by atoms with Crippen LogP contribution < -0.4 is 10.6 Å². The van der Waals surface area contributed by atoms with Crippen molar-refractivity contribution in [3.63, 3.8) is 0 Å². The number of rotatable bonds is 1. The highest BCUT2D eigenvalue weighted by Crippen LogP contribution is 2.21. The fourth-order valence-electron chi connectivity index (χ4n) is 1.27. The zero-order chi connectivity index (χ0) is 9.42. The van der Waals surface area contributed by atoms with Crippen LogP contribution in [0.4, 0.5) is 0 Å². The Morgan fingerprint density at radius 3 is 2.77 bits per heavy atom. The molecule has 2 heterocycles. The van der Waals surface area contributed by atoms with Crippen LogP contribution >= 0.6 is 15.9 Å². The van der Waals surface area contributed by atoms with Gasteiger partial charge in [-0.3, -0.25) is 10.1 Å². The van der Waals surface area contributed by atoms with Crippen molar-refractivity contribution in [1.82, 2.24) is 10.6 Å². The van der Waals surface area contributed by atoms with Crippen molar-refractivity contribution in [2.24, 2.45) is 0 Å². The Labute approximate surface area is 83.8 Å². The standard InChI is InChI=1S/C8H9BrN2O2/c1-4-8(12)11-7(10-4)5-2-3-6(9)13-5/h2-4,7,10H,1H3,(H,11,12). The number of amides is 1. The molecule has 2 unspecified atom stereocenters. The molecule has 1 amide bonds. The fourth-order valence-corrected chi connectivity index (χ4v) is 1.59. The number of halogens is 1. The van der Waals surface area contributed by atoms with E-state index in [1.807, 2.05) is 13.0 Å². The molecular weight excluding hydrogens is 236 g/mol. The molecule has 70 valence electrons. The number of nitrogens with one attached hydrogen (secondary N) is 2. The van der Waals surface area contributed by atoms with Crippen molar-refractivity contribution in [2.75, 3.05) is 0 Å². The number of hydrogen-bond acceptors (Lipinski definition) is 3. The van der Waals surface area contributed by atoms with Gasteiger partial charge < -0.3 is 9.73 Å². The quantitative estimate of drug-likeness (QED) is 0.780. The molecule has 0 radical (unpaired) electrons. The minimum absolute atomic E-state index is 0.00229. The van der Waals surface area contributed by atoms with Gasteiger partial charge in [-0.05, 0) is 35.0 Å². The molecule has 0 aliphatic carbocycles. The van der Waals surface area contributed by atoms with Crippen molar-refractivity contribution < 1.29 is 9.21 Å². The molecule has 1 saturated heterocycles. The van der Waals surface area contributed by atoms with Gasteiger partial charge in [0.1, 0.15) is 11.9 Å². The molecule has 0 bridgehead atoms. The van der Waals surface area contributed by atoms with Gasteiger partial charge in [-0.2, -0.15) is 0 Å². The average Bonchev–Trinajstić information content (AvgIpc) is 2.61. The van der Waals surface area contributed by atoms with Crippen molar-refractivity contribution in [3.05, 3.63) is 22.6 Å². The van der Waals surface area contributed by atoms with Gasteiger partial charge in [-0.25, -0.2) is 0 Å². The van der Waals surface area contributed by atoms with Crippen LogP contribution in [0.15, 0.2) is 21.2 Å². The van der Waals surface area contributed by atoms with Crippen molar-refractivity contribution in [1.29, 1.82) is 0 Å². The van der Waals surface area contributed by atoms with Crippen LogP contribution in [-0.4, -0.2) is 11.9 Å². The van der Waals surface area contributed by atoms with Gasteiger partial charge in [0.15, 0.2) is 4.67 Å². The molecule has 4 nitrogen and oxygen atoms in total. The second-order valence-corrected chi connectivity index (χ2v) is 3.75. The average molecular weight is 245 g/mol. The van der Waals surface area contributed by atoms with E-state index in [9.17, 15) is 4.79 Å². The van der Waals surface area contributed by atoms with Crippen molar-refractivity contribution >= 4 is 21.8 Å². The van der Waals surface area contributed by atoms with Gasteiger partial charge in [-0.15, -0.1) is 0 Å². The first-order chi connectivity index (χ1) is 6.16. The van der Waals surface area contributed by atoms with Crippen LogP contribution in [0.1, 0.15) is 18.8 Å². The first-order valence-electron chi connectivity index (χ1n) is 3.98. The van der Waals surface area contributed by atoms with E-state index in [2.05, 4.69) is 26.6 Å². The lowest BCUT2D eigenvalue weighted by Gasteiger charge is -2.06. The second kappa shape index (κ2) is 3.16. The predicted molar refractivity (Wildman–Crippen MR) is 49.9 cm³/mol. The highest BCUT2D eigenvalue weighted by molar-refractivity contribution is 9.10. The Bertz CT molecular complexity index is 337.